The summed E-state index contributed by atoms with van der Waals surface area (Å²) in [7, 11) is 0. The molecule has 1 heterocycles. The van der Waals surface area contributed by atoms with Crippen LogP contribution in [0.2, 0.25) is 0 Å². The van der Waals surface area contributed by atoms with E-state index in [9.17, 15) is 0 Å². The second-order valence-electron chi connectivity index (χ2n) is 3.24. The molecule has 76 valence electrons. The van der Waals surface area contributed by atoms with Crippen LogP contribution in [0.1, 0.15) is 12.7 Å². The predicted molar refractivity (Wildman–Crippen MR) is 59.3 cm³/mol. The van der Waals surface area contributed by atoms with Crippen molar-refractivity contribution in [2.45, 2.75) is 13.3 Å². The van der Waals surface area contributed by atoms with E-state index in [-0.39, 0.29) is 0 Å². The van der Waals surface area contributed by atoms with E-state index >= 15 is 0 Å². The lowest BCUT2D eigenvalue weighted by atomic mass is 10.3. The van der Waals surface area contributed by atoms with Crippen molar-refractivity contribution in [2.75, 3.05) is 5.43 Å². The third kappa shape index (κ3) is 2.31. The zero-order chi connectivity index (χ0) is 10.5. The van der Waals surface area contributed by atoms with Crippen molar-refractivity contribution >= 4 is 5.69 Å². The zero-order valence-corrected chi connectivity index (χ0v) is 8.72. The summed E-state index contributed by atoms with van der Waals surface area (Å²) in [6.07, 6.45) is 4.68. The standard InChI is InChI=1S/C12H14N3/c1-2-12-13-9-6-10-15(12)14-11-7-4-3-5-8-11/h3-10,14H,2H2,1H3/q+1. The summed E-state index contributed by atoms with van der Waals surface area (Å²) in [4.78, 5) is 4.29. The van der Waals surface area contributed by atoms with Gasteiger partial charge in [-0.25, -0.2) is 5.43 Å². The first-order valence-corrected chi connectivity index (χ1v) is 5.08. The number of aryl methyl sites for hydroxylation is 1. The quantitative estimate of drug-likeness (QED) is 0.765. The lowest BCUT2D eigenvalue weighted by Gasteiger charge is -2.04. The van der Waals surface area contributed by atoms with Gasteiger partial charge in [0.1, 0.15) is 12.4 Å². The fourth-order valence-electron chi connectivity index (χ4n) is 1.42. The van der Waals surface area contributed by atoms with Gasteiger partial charge >= 0.3 is 5.82 Å². The average Bonchev–Trinajstić information content (AvgIpc) is 2.31. The van der Waals surface area contributed by atoms with Crippen molar-refractivity contribution in [3.8, 4) is 0 Å². The number of anilines is 1. The fourth-order valence-corrected chi connectivity index (χ4v) is 1.42. The molecule has 0 radical (unpaired) electrons. The van der Waals surface area contributed by atoms with E-state index in [1.807, 2.05) is 53.5 Å². The maximum atomic E-state index is 4.29. The molecule has 1 aromatic heterocycles. The maximum Gasteiger partial charge on any atom is 0.321 e. The van der Waals surface area contributed by atoms with E-state index in [0.29, 0.717) is 0 Å². The van der Waals surface area contributed by atoms with Crippen LogP contribution in [-0.2, 0) is 6.42 Å². The van der Waals surface area contributed by atoms with Gasteiger partial charge in [0.15, 0.2) is 0 Å². The predicted octanol–water partition coefficient (Wildman–Crippen LogP) is 1.81. The van der Waals surface area contributed by atoms with Crippen molar-refractivity contribution in [2.24, 2.45) is 0 Å². The smallest absolute Gasteiger partial charge is 0.224 e. The van der Waals surface area contributed by atoms with Gasteiger partial charge in [-0.1, -0.05) is 30.1 Å². The molecule has 0 aliphatic heterocycles. The summed E-state index contributed by atoms with van der Waals surface area (Å²) in [6, 6.07) is 12.0. The molecule has 3 heteroatoms. The van der Waals surface area contributed by atoms with Gasteiger partial charge < -0.3 is 0 Å². The average molecular weight is 200 g/mol. The number of nitrogens with zero attached hydrogens (tertiary/aromatic N) is 2. The summed E-state index contributed by atoms with van der Waals surface area (Å²) in [5.41, 5.74) is 4.34. The molecule has 1 N–H and O–H groups in total. The highest BCUT2D eigenvalue weighted by atomic mass is 15.4. The van der Waals surface area contributed by atoms with Gasteiger partial charge in [0.25, 0.3) is 0 Å². The molecule has 15 heavy (non-hydrogen) atoms. The van der Waals surface area contributed by atoms with Gasteiger partial charge in [0.05, 0.1) is 12.1 Å². The molecule has 0 spiro atoms. The molecule has 0 saturated carbocycles. The number of hydrogen-bond acceptors (Lipinski definition) is 2. The van der Waals surface area contributed by atoms with Crippen LogP contribution < -0.4 is 10.1 Å². The number of hydrogen-bond donors (Lipinski definition) is 1. The Morgan fingerprint density at radius 3 is 2.73 bits per heavy atom. The highest BCUT2D eigenvalue weighted by Crippen LogP contribution is 2.02. The van der Waals surface area contributed by atoms with Crippen LogP contribution in [0.5, 0.6) is 0 Å². The molecule has 3 nitrogen and oxygen atoms in total. The van der Waals surface area contributed by atoms with Gasteiger partial charge in [-0.15, -0.1) is 4.68 Å². The Morgan fingerprint density at radius 2 is 2.00 bits per heavy atom. The summed E-state index contributed by atoms with van der Waals surface area (Å²) >= 11 is 0. The van der Waals surface area contributed by atoms with Crippen LogP contribution in [0, 0.1) is 0 Å². The third-order valence-electron chi connectivity index (χ3n) is 2.16. The van der Waals surface area contributed by atoms with Gasteiger partial charge in [-0.3, -0.25) is 0 Å². The molecular weight excluding hydrogens is 186 g/mol. The van der Waals surface area contributed by atoms with Crippen molar-refractivity contribution < 1.29 is 4.68 Å². The molecule has 0 aliphatic rings. The van der Waals surface area contributed by atoms with Crippen molar-refractivity contribution in [3.05, 3.63) is 54.6 Å². The van der Waals surface area contributed by atoms with E-state index in [4.69, 9.17) is 0 Å². The van der Waals surface area contributed by atoms with Crippen LogP contribution in [0.25, 0.3) is 0 Å². The van der Waals surface area contributed by atoms with Crippen LogP contribution in [0.4, 0.5) is 5.69 Å². The van der Waals surface area contributed by atoms with E-state index < -0.39 is 0 Å². The first-order valence-electron chi connectivity index (χ1n) is 5.08. The monoisotopic (exact) mass is 200 g/mol. The fraction of sp³-hybridized carbons (Fsp3) is 0.167. The van der Waals surface area contributed by atoms with Crippen molar-refractivity contribution in [1.29, 1.82) is 0 Å². The molecule has 0 atom stereocenters. The van der Waals surface area contributed by atoms with Gasteiger partial charge in [0, 0.05) is 6.07 Å². The number of rotatable bonds is 3. The molecule has 0 aliphatic carbocycles. The number of nitrogens with one attached hydrogen (secondary N) is 1. The second-order valence-corrected chi connectivity index (χ2v) is 3.24. The van der Waals surface area contributed by atoms with E-state index in [0.717, 1.165) is 17.9 Å². The first-order chi connectivity index (χ1) is 7.40. The Hall–Kier alpha value is -1.90. The molecule has 0 amide bonds. The van der Waals surface area contributed by atoms with Gasteiger partial charge in [-0.2, -0.15) is 0 Å². The largest absolute Gasteiger partial charge is 0.321 e. The lowest BCUT2D eigenvalue weighted by Crippen LogP contribution is -2.46. The van der Waals surface area contributed by atoms with E-state index in [2.05, 4.69) is 17.3 Å². The van der Waals surface area contributed by atoms with Gasteiger partial charge in [0.2, 0.25) is 0 Å². The van der Waals surface area contributed by atoms with Gasteiger partial charge in [-0.05, 0) is 12.1 Å². The minimum atomic E-state index is 0.903. The van der Waals surface area contributed by atoms with Crippen molar-refractivity contribution in [3.63, 3.8) is 0 Å². The molecule has 0 bridgehead atoms. The van der Waals surface area contributed by atoms with E-state index in [1.54, 1.807) is 0 Å². The van der Waals surface area contributed by atoms with Crippen LogP contribution >= 0.6 is 0 Å². The first kappa shape index (κ1) is 9.65. The van der Waals surface area contributed by atoms with E-state index in [1.165, 1.54) is 0 Å². The van der Waals surface area contributed by atoms with Crippen LogP contribution in [-0.4, -0.2) is 4.98 Å². The Balaban J connectivity index is 2.24. The minimum Gasteiger partial charge on any atom is -0.224 e. The molecule has 0 saturated heterocycles. The molecule has 2 aromatic rings. The molecule has 0 unspecified atom stereocenters. The second kappa shape index (κ2) is 4.55. The molecular formula is C12H14N3+. The highest BCUT2D eigenvalue weighted by Gasteiger charge is 2.07. The molecule has 2 rings (SSSR count). The summed E-state index contributed by atoms with van der Waals surface area (Å²) < 4.78 is 1.94. The van der Waals surface area contributed by atoms with Crippen LogP contribution in [0.15, 0.2) is 48.8 Å². The normalized spacial score (nSPS) is 9.93. The Labute approximate surface area is 89.4 Å². The highest BCUT2D eigenvalue weighted by molar-refractivity contribution is 5.39. The molecule has 0 fully saturated rings. The number of aromatic nitrogens is 2. The van der Waals surface area contributed by atoms with Crippen LogP contribution in [0.3, 0.4) is 0 Å². The third-order valence-corrected chi connectivity index (χ3v) is 2.16. The lowest BCUT2D eigenvalue weighted by molar-refractivity contribution is -0.654. The Kier molecular flexibility index (Phi) is 2.93. The van der Waals surface area contributed by atoms with Crippen molar-refractivity contribution in [1.82, 2.24) is 4.98 Å². The Bertz CT molecular complexity index is 426. The summed E-state index contributed by atoms with van der Waals surface area (Å²) in [5, 5.41) is 0. The number of para-hydroxylation sites is 1. The maximum absolute atomic E-state index is 4.29. The SMILES string of the molecule is CCc1nccc[n+]1Nc1ccccc1. The number of benzene rings is 1. The Morgan fingerprint density at radius 1 is 1.20 bits per heavy atom. The zero-order valence-electron chi connectivity index (χ0n) is 8.72. The molecule has 1 aromatic carbocycles. The summed E-state index contributed by atoms with van der Waals surface area (Å²) in [5.74, 6) is 1.02. The summed E-state index contributed by atoms with van der Waals surface area (Å²) in [6.45, 7) is 2.09. The minimum absolute atomic E-state index is 0.903. The topological polar surface area (TPSA) is 28.8 Å².